The minimum atomic E-state index is -4.59. The minimum absolute atomic E-state index is 0.0140. The number of fused-ring (bicyclic) bond motifs is 1. The lowest BCUT2D eigenvalue weighted by Gasteiger charge is -2.19. The summed E-state index contributed by atoms with van der Waals surface area (Å²) in [5, 5.41) is 11.6. The third-order valence-corrected chi connectivity index (χ3v) is 7.54. The van der Waals surface area contributed by atoms with Crippen molar-refractivity contribution in [1.29, 1.82) is 0 Å². The molecule has 2 aromatic heterocycles. The van der Waals surface area contributed by atoms with Crippen LogP contribution in [0.5, 0.6) is 11.5 Å². The zero-order chi connectivity index (χ0) is 31.7. The normalized spacial score (nSPS) is 12.8. The van der Waals surface area contributed by atoms with Gasteiger partial charge in [0.2, 0.25) is 0 Å². The molecule has 0 saturated heterocycles. The zero-order valence-electron chi connectivity index (χ0n) is 24.7. The lowest BCUT2D eigenvalue weighted by molar-refractivity contribution is -0.138. The Balaban J connectivity index is 1.39. The Bertz CT molecular complexity index is 1870. The molecule has 3 aromatic carbocycles. The molecule has 6 rings (SSSR count). The monoisotopic (exact) mass is 614 g/mol. The van der Waals surface area contributed by atoms with Crippen LogP contribution in [0.15, 0.2) is 79.1 Å². The summed E-state index contributed by atoms with van der Waals surface area (Å²) in [6, 6.07) is 20.3. The van der Waals surface area contributed by atoms with Gasteiger partial charge >= 0.3 is 6.18 Å². The number of aromatic nitrogens is 4. The van der Waals surface area contributed by atoms with Crippen LogP contribution in [0.4, 0.5) is 24.8 Å². The highest BCUT2D eigenvalue weighted by Gasteiger charge is 2.40. The van der Waals surface area contributed by atoms with Gasteiger partial charge in [-0.1, -0.05) is 18.2 Å². The molecule has 5 aromatic rings. The van der Waals surface area contributed by atoms with Gasteiger partial charge in [0, 0.05) is 24.7 Å². The number of aryl methyl sites for hydroxylation is 1. The summed E-state index contributed by atoms with van der Waals surface area (Å²) in [7, 11) is 3.43. The molecular weight excluding hydrogens is 585 g/mol. The van der Waals surface area contributed by atoms with Crippen molar-refractivity contribution in [2.45, 2.75) is 26.3 Å². The number of halogens is 3. The fraction of sp³-hybridized carbons (Fsp3) is 0.212. The van der Waals surface area contributed by atoms with Gasteiger partial charge in [0.15, 0.2) is 5.82 Å². The van der Waals surface area contributed by atoms with Crippen LogP contribution in [0.3, 0.4) is 0 Å². The topological polar surface area (TPSA) is 94.4 Å². The first-order valence-electron chi connectivity index (χ1n) is 14.2. The fourth-order valence-corrected chi connectivity index (χ4v) is 5.33. The Hall–Kier alpha value is -5.39. The van der Waals surface area contributed by atoms with E-state index in [1.54, 1.807) is 24.1 Å². The van der Waals surface area contributed by atoms with E-state index in [4.69, 9.17) is 9.47 Å². The Labute approximate surface area is 257 Å². The molecule has 0 bridgehead atoms. The second-order valence-electron chi connectivity index (χ2n) is 10.5. The first-order valence-corrected chi connectivity index (χ1v) is 14.2. The number of nitrogens with one attached hydrogen (secondary N) is 1. The van der Waals surface area contributed by atoms with Crippen molar-refractivity contribution in [3.8, 4) is 34.0 Å². The van der Waals surface area contributed by atoms with Crippen LogP contribution in [0.1, 0.15) is 34.0 Å². The second-order valence-corrected chi connectivity index (χ2v) is 10.5. The summed E-state index contributed by atoms with van der Waals surface area (Å²) in [5.41, 5.74) is 2.21. The summed E-state index contributed by atoms with van der Waals surface area (Å²) in [6.07, 6.45) is -3.00. The van der Waals surface area contributed by atoms with E-state index < -0.39 is 17.6 Å². The highest BCUT2D eigenvalue weighted by atomic mass is 19.4. The maximum absolute atomic E-state index is 13.8. The highest BCUT2D eigenvalue weighted by Crippen LogP contribution is 2.40. The van der Waals surface area contributed by atoms with Gasteiger partial charge in [0.1, 0.15) is 36.1 Å². The summed E-state index contributed by atoms with van der Waals surface area (Å²) < 4.78 is 54.5. The number of hydrogen-bond donors (Lipinski definition) is 1. The predicted octanol–water partition coefficient (Wildman–Crippen LogP) is 6.74. The van der Waals surface area contributed by atoms with Crippen molar-refractivity contribution in [2.75, 3.05) is 23.9 Å². The molecule has 1 N–H and O–H groups in total. The third kappa shape index (κ3) is 5.91. The average molecular weight is 615 g/mol. The van der Waals surface area contributed by atoms with Gasteiger partial charge in [-0.2, -0.15) is 13.2 Å². The molecule has 1 aliphatic rings. The molecule has 0 atom stereocenters. The minimum Gasteiger partial charge on any atom is -0.497 e. The van der Waals surface area contributed by atoms with Crippen molar-refractivity contribution >= 4 is 17.5 Å². The molecule has 0 fully saturated rings. The summed E-state index contributed by atoms with van der Waals surface area (Å²) in [6.45, 7) is 2.51. The number of benzene rings is 3. The second kappa shape index (κ2) is 11.9. The molecule has 0 saturated carbocycles. The van der Waals surface area contributed by atoms with E-state index in [0.29, 0.717) is 41.7 Å². The molecule has 230 valence electrons. The SMILES string of the molecule is CCNc1cc(-c2ccc(OCc3ccc(OC)cc3)cc2-c2nncn2C)cc(N2Cc3c(cccc3C(F)(F)F)C2=O)n1. The van der Waals surface area contributed by atoms with Crippen molar-refractivity contribution < 1.29 is 27.4 Å². The molecule has 0 unspecified atom stereocenters. The molecular formula is C33H29F3N6O3. The largest absolute Gasteiger partial charge is 0.497 e. The Morgan fingerprint density at radius 3 is 2.42 bits per heavy atom. The first-order chi connectivity index (χ1) is 21.7. The van der Waals surface area contributed by atoms with E-state index in [9.17, 15) is 18.0 Å². The van der Waals surface area contributed by atoms with Gasteiger partial charge in [0.05, 0.1) is 19.2 Å². The van der Waals surface area contributed by atoms with E-state index in [1.807, 2.05) is 62.5 Å². The number of anilines is 2. The van der Waals surface area contributed by atoms with E-state index in [1.165, 1.54) is 17.0 Å². The molecule has 0 aliphatic carbocycles. The van der Waals surface area contributed by atoms with Crippen molar-refractivity contribution in [1.82, 2.24) is 19.7 Å². The Morgan fingerprint density at radius 2 is 1.73 bits per heavy atom. The van der Waals surface area contributed by atoms with Crippen LogP contribution < -0.4 is 19.7 Å². The lowest BCUT2D eigenvalue weighted by atomic mass is 9.99. The van der Waals surface area contributed by atoms with Gasteiger partial charge in [-0.25, -0.2) is 4.98 Å². The summed E-state index contributed by atoms with van der Waals surface area (Å²) in [5.74, 6) is 2.07. The molecule has 1 aliphatic heterocycles. The third-order valence-electron chi connectivity index (χ3n) is 7.54. The van der Waals surface area contributed by atoms with Crippen molar-refractivity contribution in [2.24, 2.45) is 7.05 Å². The van der Waals surface area contributed by atoms with Crippen molar-refractivity contribution in [3.05, 3.63) is 101 Å². The van der Waals surface area contributed by atoms with Crippen LogP contribution in [0, 0.1) is 0 Å². The predicted molar refractivity (Wildman–Crippen MR) is 163 cm³/mol. The number of rotatable bonds is 9. The molecule has 45 heavy (non-hydrogen) atoms. The summed E-state index contributed by atoms with van der Waals surface area (Å²) in [4.78, 5) is 19.3. The average Bonchev–Trinajstić information content (AvgIpc) is 3.62. The van der Waals surface area contributed by atoms with Gasteiger partial charge in [0.25, 0.3) is 5.91 Å². The summed E-state index contributed by atoms with van der Waals surface area (Å²) >= 11 is 0. The molecule has 12 heteroatoms. The number of ether oxygens (including phenoxy) is 2. The van der Waals surface area contributed by atoms with Crippen LogP contribution in [-0.2, 0) is 26.4 Å². The first kappa shape index (κ1) is 29.7. The van der Waals surface area contributed by atoms with E-state index >= 15 is 0 Å². The van der Waals surface area contributed by atoms with Gasteiger partial charge in [-0.15, -0.1) is 10.2 Å². The van der Waals surface area contributed by atoms with Crippen LogP contribution in [0.25, 0.3) is 22.5 Å². The standard InChI is InChI=1S/C33H29F3N6O3/c1-4-37-29-14-21(15-30(39-29)42-17-27-25(32(42)43)6-5-7-28(27)33(34,35)36)24-13-12-23(16-26(24)31-40-38-19-41(31)2)45-18-20-8-10-22(44-3)11-9-20/h5-16,19H,4,17-18H2,1-3H3,(H,37,39). The number of hydrogen-bond acceptors (Lipinski definition) is 7. The quantitative estimate of drug-likeness (QED) is 0.197. The van der Waals surface area contributed by atoms with Crippen LogP contribution >= 0.6 is 0 Å². The van der Waals surface area contributed by atoms with Gasteiger partial charge in [-0.3, -0.25) is 9.69 Å². The molecule has 1 amide bonds. The van der Waals surface area contributed by atoms with Crippen molar-refractivity contribution in [3.63, 3.8) is 0 Å². The van der Waals surface area contributed by atoms with Gasteiger partial charge in [-0.05, 0) is 83.8 Å². The smallest absolute Gasteiger partial charge is 0.416 e. The molecule has 3 heterocycles. The number of carbonyl (C=O) groups excluding carboxylic acids is 1. The Kier molecular flexibility index (Phi) is 7.88. The number of carbonyl (C=O) groups is 1. The number of nitrogens with zero attached hydrogens (tertiary/aromatic N) is 5. The highest BCUT2D eigenvalue weighted by molar-refractivity contribution is 6.10. The maximum Gasteiger partial charge on any atom is 0.416 e. The maximum atomic E-state index is 13.8. The van der Waals surface area contributed by atoms with E-state index in [-0.39, 0.29) is 23.5 Å². The molecule has 9 nitrogen and oxygen atoms in total. The van der Waals surface area contributed by atoms with E-state index in [2.05, 4.69) is 20.5 Å². The number of alkyl halides is 3. The molecule has 0 radical (unpaired) electrons. The van der Waals surface area contributed by atoms with E-state index in [0.717, 1.165) is 22.9 Å². The zero-order valence-corrected chi connectivity index (χ0v) is 24.7. The van der Waals surface area contributed by atoms with Crippen LogP contribution in [-0.4, -0.2) is 39.3 Å². The number of amides is 1. The lowest BCUT2D eigenvalue weighted by Crippen LogP contribution is -2.24. The number of methoxy groups -OCH3 is 1. The fourth-order valence-electron chi connectivity index (χ4n) is 5.33. The number of pyridine rings is 1. The van der Waals surface area contributed by atoms with Gasteiger partial charge < -0.3 is 19.4 Å². The van der Waals surface area contributed by atoms with Crippen LogP contribution in [0.2, 0.25) is 0 Å². The molecule has 0 spiro atoms. The Morgan fingerprint density at radius 1 is 0.956 bits per heavy atom.